The van der Waals surface area contributed by atoms with Crippen LogP contribution in [0.15, 0.2) is 0 Å². The van der Waals surface area contributed by atoms with Crippen molar-refractivity contribution in [3.05, 3.63) is 0 Å². The summed E-state index contributed by atoms with van der Waals surface area (Å²) >= 11 is 0. The van der Waals surface area contributed by atoms with Gasteiger partial charge in [-0.2, -0.15) is 0 Å². The summed E-state index contributed by atoms with van der Waals surface area (Å²) in [5.74, 6) is -0.842. The van der Waals surface area contributed by atoms with Crippen molar-refractivity contribution in [2.45, 2.75) is 26.7 Å². The van der Waals surface area contributed by atoms with Crippen molar-refractivity contribution in [2.75, 3.05) is 46.4 Å². The van der Waals surface area contributed by atoms with Crippen LogP contribution in [-0.2, 0) is 41.3 Å². The highest BCUT2D eigenvalue weighted by molar-refractivity contribution is 7.53. The molecule has 0 N–H and O–H groups in total. The van der Waals surface area contributed by atoms with E-state index in [2.05, 4.69) is 0 Å². The van der Waals surface area contributed by atoms with Crippen molar-refractivity contribution in [1.82, 2.24) is 0 Å². The fourth-order valence-corrected chi connectivity index (χ4v) is 5.30. The Bertz CT molecular complexity index is 567. The molecule has 0 saturated carbocycles. The molecular formula is C15H27O9P3. The first-order valence-corrected chi connectivity index (χ1v) is 13.9. The number of rotatable bonds is 8. The van der Waals surface area contributed by atoms with E-state index in [0.717, 1.165) is 0 Å². The molecule has 156 valence electrons. The normalized spacial score (nSPS) is 36.6. The maximum Gasteiger partial charge on any atom is 0.327 e. The molecule has 2 saturated heterocycles. The molecule has 0 bridgehead atoms. The molecule has 27 heavy (non-hydrogen) atoms. The molecule has 12 heteroatoms. The molecule has 0 spiro atoms. The quantitative estimate of drug-likeness (QED) is 0.519. The van der Waals surface area contributed by atoms with Crippen LogP contribution in [0.4, 0.5) is 0 Å². The Kier molecular flexibility index (Phi) is 7.83. The summed E-state index contributed by atoms with van der Waals surface area (Å²) in [7, 11) is -6.01. The predicted octanol–water partition coefficient (Wildman–Crippen LogP) is 3.67. The number of hydrogen-bond donors (Lipinski definition) is 0. The molecule has 0 aliphatic carbocycles. The fourth-order valence-electron chi connectivity index (χ4n) is 2.44. The smallest absolute Gasteiger partial charge is 0.327 e. The Morgan fingerprint density at radius 3 is 1.59 bits per heavy atom. The van der Waals surface area contributed by atoms with Crippen LogP contribution in [0.5, 0.6) is 0 Å². The largest absolute Gasteiger partial charge is 0.417 e. The molecule has 9 nitrogen and oxygen atoms in total. The van der Waals surface area contributed by atoms with Gasteiger partial charge in [0.05, 0.1) is 26.4 Å². The van der Waals surface area contributed by atoms with E-state index in [1.54, 1.807) is 13.3 Å². The molecule has 0 radical (unpaired) electrons. The van der Waals surface area contributed by atoms with E-state index >= 15 is 0 Å². The van der Waals surface area contributed by atoms with E-state index in [-0.39, 0.29) is 26.4 Å². The highest BCUT2D eigenvalue weighted by atomic mass is 31.2. The molecule has 2 aliphatic rings. The molecule has 0 aromatic carbocycles. The van der Waals surface area contributed by atoms with Crippen LogP contribution in [0.2, 0.25) is 0 Å². The first-order valence-electron chi connectivity index (χ1n) is 8.63. The third-order valence-electron chi connectivity index (χ3n) is 4.84. The van der Waals surface area contributed by atoms with Gasteiger partial charge in [0.25, 0.3) is 0 Å². The van der Waals surface area contributed by atoms with Gasteiger partial charge in [0.2, 0.25) is 16.8 Å². The van der Waals surface area contributed by atoms with Gasteiger partial charge in [-0.05, 0) is 12.8 Å². The van der Waals surface area contributed by atoms with E-state index in [1.807, 2.05) is 13.8 Å². The Hall–Kier alpha value is -0.130. The third kappa shape index (κ3) is 5.48. The van der Waals surface area contributed by atoms with Crippen molar-refractivity contribution in [3.63, 3.8) is 0 Å². The minimum atomic E-state index is -3.54. The summed E-state index contributed by atoms with van der Waals surface area (Å²) in [6.45, 7) is 8.29. The molecule has 2 fully saturated rings. The average Bonchev–Trinajstić information content (AvgIpc) is 2.61. The van der Waals surface area contributed by atoms with Gasteiger partial charge in [-0.25, -0.2) is 0 Å². The van der Waals surface area contributed by atoms with Crippen LogP contribution >= 0.6 is 24.3 Å². The topological polar surface area (TPSA) is 107 Å². The maximum absolute atomic E-state index is 12.7. The zero-order valence-corrected chi connectivity index (χ0v) is 18.9. The van der Waals surface area contributed by atoms with Crippen molar-refractivity contribution >= 4 is 36.3 Å². The lowest BCUT2D eigenvalue weighted by Crippen LogP contribution is -2.43. The monoisotopic (exact) mass is 444 g/mol. The van der Waals surface area contributed by atoms with Crippen LogP contribution in [0, 0.1) is 10.8 Å². The summed E-state index contributed by atoms with van der Waals surface area (Å²) in [6, 6.07) is 0. The molecule has 0 aromatic heterocycles. The van der Waals surface area contributed by atoms with Gasteiger partial charge in [-0.3, -0.25) is 14.2 Å². The summed E-state index contributed by atoms with van der Waals surface area (Å²) in [4.78, 5) is 24.6. The van der Waals surface area contributed by atoms with E-state index < -0.39 is 47.1 Å². The Morgan fingerprint density at radius 1 is 0.926 bits per heavy atom. The maximum atomic E-state index is 12.7. The second-order valence-corrected chi connectivity index (χ2v) is 11.5. The van der Waals surface area contributed by atoms with Crippen LogP contribution < -0.4 is 0 Å². The van der Waals surface area contributed by atoms with Gasteiger partial charge < -0.3 is 27.1 Å². The zero-order chi connectivity index (χ0) is 20.3. The molecule has 0 amide bonds. The van der Waals surface area contributed by atoms with Crippen molar-refractivity contribution < 1.29 is 41.3 Å². The highest BCUT2D eigenvalue weighted by Crippen LogP contribution is 2.52. The lowest BCUT2D eigenvalue weighted by molar-refractivity contribution is -0.155. The number of carbonyl (C=O) groups is 2. The van der Waals surface area contributed by atoms with Gasteiger partial charge in [-0.15, -0.1) is 0 Å². The second-order valence-electron chi connectivity index (χ2n) is 6.77. The average molecular weight is 444 g/mol. The van der Waals surface area contributed by atoms with E-state index in [9.17, 15) is 14.2 Å². The standard InChI is InChI=1S/C15H27O9P3/c1-6-14(8-19-25(3)23-12(14)16)10-21-27(5,18)22-11-15(7-2)9-20-26(4)24-13(15)17/h6-11H2,1-5H3. The summed E-state index contributed by atoms with van der Waals surface area (Å²) in [6.07, 6.45) is 0.822. The molecule has 2 aliphatic heterocycles. The van der Waals surface area contributed by atoms with Gasteiger partial charge >= 0.3 is 19.5 Å². The van der Waals surface area contributed by atoms with Gasteiger partial charge in [-0.1, -0.05) is 13.8 Å². The molecule has 4 unspecified atom stereocenters. The zero-order valence-electron chi connectivity index (χ0n) is 16.3. The molecule has 4 atom stereocenters. The summed E-state index contributed by atoms with van der Waals surface area (Å²) < 4.78 is 45.0. The molecule has 0 aromatic rings. The third-order valence-corrected chi connectivity index (χ3v) is 7.87. The van der Waals surface area contributed by atoms with Gasteiger partial charge in [0, 0.05) is 20.0 Å². The van der Waals surface area contributed by atoms with Crippen LogP contribution in [0.3, 0.4) is 0 Å². The minimum absolute atomic E-state index is 0.143. The molecular weight excluding hydrogens is 417 g/mol. The lowest BCUT2D eigenvalue weighted by atomic mass is 9.87. The summed E-state index contributed by atoms with van der Waals surface area (Å²) in [5, 5.41) is 0. The Balaban J connectivity index is 1.97. The van der Waals surface area contributed by atoms with Crippen LogP contribution in [0.25, 0.3) is 0 Å². The SMILES string of the molecule is CCC1(COP(C)(=O)OCC2(CC)COP(C)OC2=O)COP(C)OC1=O. The Labute approximate surface area is 162 Å². The first-order chi connectivity index (χ1) is 12.6. The van der Waals surface area contributed by atoms with E-state index in [0.29, 0.717) is 12.8 Å². The second kappa shape index (κ2) is 9.13. The van der Waals surface area contributed by atoms with Crippen molar-refractivity contribution in [2.24, 2.45) is 10.8 Å². The fraction of sp³-hybridized carbons (Fsp3) is 0.867. The van der Waals surface area contributed by atoms with Crippen molar-refractivity contribution in [3.8, 4) is 0 Å². The Morgan fingerprint density at radius 2 is 1.30 bits per heavy atom. The predicted molar refractivity (Wildman–Crippen MR) is 101 cm³/mol. The molecule has 2 heterocycles. The van der Waals surface area contributed by atoms with E-state index in [1.165, 1.54) is 6.66 Å². The van der Waals surface area contributed by atoms with Gasteiger partial charge in [0.1, 0.15) is 10.8 Å². The van der Waals surface area contributed by atoms with Crippen molar-refractivity contribution in [1.29, 1.82) is 0 Å². The van der Waals surface area contributed by atoms with Crippen LogP contribution in [-0.4, -0.2) is 58.4 Å². The van der Waals surface area contributed by atoms with Crippen LogP contribution in [0.1, 0.15) is 26.7 Å². The van der Waals surface area contributed by atoms with E-state index in [4.69, 9.17) is 27.1 Å². The highest BCUT2D eigenvalue weighted by Gasteiger charge is 2.48. The lowest BCUT2D eigenvalue weighted by Gasteiger charge is -2.37. The number of carbonyl (C=O) groups excluding carboxylic acids is 2. The molecule has 2 rings (SSSR count). The number of hydrogen-bond acceptors (Lipinski definition) is 9. The first kappa shape index (κ1) is 23.2. The minimum Gasteiger partial charge on any atom is -0.417 e. The summed E-state index contributed by atoms with van der Waals surface area (Å²) in [5.41, 5.74) is -2.03. The van der Waals surface area contributed by atoms with Gasteiger partial charge in [0.15, 0.2) is 0 Å².